The summed E-state index contributed by atoms with van der Waals surface area (Å²) in [5.41, 5.74) is 7.43. The van der Waals surface area contributed by atoms with E-state index in [-0.39, 0.29) is 29.4 Å². The number of carbonyl (C=O) groups excluding carboxylic acids is 1. The number of halogens is 4. The van der Waals surface area contributed by atoms with Crippen LogP contribution in [0.1, 0.15) is 52.8 Å². The monoisotopic (exact) mass is 625 g/mol. The second-order valence-electron chi connectivity index (χ2n) is 9.10. The molecule has 1 heterocycles. The third kappa shape index (κ3) is 6.39. The minimum atomic E-state index is -1.35. The maximum atomic E-state index is 15.1. The summed E-state index contributed by atoms with van der Waals surface area (Å²) in [4.78, 5) is 21.6. The van der Waals surface area contributed by atoms with Gasteiger partial charge in [0.25, 0.3) is 5.91 Å². The van der Waals surface area contributed by atoms with E-state index in [1.165, 1.54) is 30.5 Å². The highest BCUT2D eigenvalue weighted by molar-refractivity contribution is 14.1. The highest BCUT2D eigenvalue weighted by atomic mass is 127. The van der Waals surface area contributed by atoms with Crippen LogP contribution in [0.3, 0.4) is 0 Å². The van der Waals surface area contributed by atoms with Gasteiger partial charge in [0, 0.05) is 21.6 Å². The summed E-state index contributed by atoms with van der Waals surface area (Å²) in [6.07, 6.45) is 0.119. The van der Waals surface area contributed by atoms with Gasteiger partial charge in [0.2, 0.25) is 0 Å². The Bertz CT molecular complexity index is 1270. The smallest absolute Gasteiger partial charge is 0.254 e. The topological polar surface area (TPSA) is 113 Å². The summed E-state index contributed by atoms with van der Waals surface area (Å²) >= 11 is 1.99. The van der Waals surface area contributed by atoms with Crippen molar-refractivity contribution in [2.45, 2.75) is 43.5 Å². The van der Waals surface area contributed by atoms with Gasteiger partial charge in [-0.25, -0.2) is 23.1 Å². The molecule has 4 rings (SSSR count). The van der Waals surface area contributed by atoms with E-state index in [0.29, 0.717) is 39.8 Å². The lowest BCUT2D eigenvalue weighted by atomic mass is 9.84. The molecule has 37 heavy (non-hydrogen) atoms. The van der Waals surface area contributed by atoms with Gasteiger partial charge >= 0.3 is 0 Å². The number of aromatic nitrogens is 2. The summed E-state index contributed by atoms with van der Waals surface area (Å²) in [5.74, 6) is -2.05. The predicted molar refractivity (Wildman–Crippen MR) is 143 cm³/mol. The van der Waals surface area contributed by atoms with E-state index in [1.54, 1.807) is 13.1 Å². The van der Waals surface area contributed by atoms with Crippen molar-refractivity contribution < 1.29 is 23.1 Å². The first-order valence-corrected chi connectivity index (χ1v) is 12.9. The molecule has 0 aliphatic heterocycles. The highest BCUT2D eigenvalue weighted by Crippen LogP contribution is 2.35. The zero-order valence-corrected chi connectivity index (χ0v) is 22.2. The molecule has 0 radical (unpaired) electrons. The number of nitrogens with zero attached hydrogens (tertiary/aromatic N) is 2. The van der Waals surface area contributed by atoms with Crippen molar-refractivity contribution in [2.75, 3.05) is 19.3 Å². The molecule has 196 valence electrons. The summed E-state index contributed by atoms with van der Waals surface area (Å²) < 4.78 is 43.8. The van der Waals surface area contributed by atoms with Crippen molar-refractivity contribution in [1.29, 1.82) is 0 Å². The van der Waals surface area contributed by atoms with Crippen molar-refractivity contribution >= 4 is 34.3 Å². The second-order valence-corrected chi connectivity index (χ2v) is 10.3. The molecular weight excluding hydrogens is 598 g/mol. The standard InChI is InChI=1S/C26H27F3IN5O2/c1-32-11-21(15-6-16(27)10-17(30)7-15)35-26(37)18-4-2-14(9-19(18)28)24-25(31)33-12-22(34-24)13-3-5-23(36)20(29)8-13/h2,4,6-7,9-10,12-13,20-21,23,32,36H,3,5,8,11H2,1H3,(H2,31,33)(H,35,37)/t13-,20-,21-,23-/m1/s1. The van der Waals surface area contributed by atoms with Crippen LogP contribution in [0, 0.1) is 15.2 Å². The van der Waals surface area contributed by atoms with Crippen molar-refractivity contribution in [1.82, 2.24) is 20.6 Å². The zero-order valence-electron chi connectivity index (χ0n) is 20.0. The molecule has 1 aromatic heterocycles. The summed E-state index contributed by atoms with van der Waals surface area (Å²) in [6.45, 7) is 0.307. The lowest BCUT2D eigenvalue weighted by Crippen LogP contribution is -2.35. The van der Waals surface area contributed by atoms with Crippen molar-refractivity contribution in [3.05, 3.63) is 74.6 Å². The third-order valence-corrected chi connectivity index (χ3v) is 7.09. The van der Waals surface area contributed by atoms with Gasteiger partial charge in [0.05, 0.1) is 29.6 Å². The number of alkyl halides is 1. The Morgan fingerprint density at radius 3 is 2.70 bits per heavy atom. The van der Waals surface area contributed by atoms with E-state index in [9.17, 15) is 18.7 Å². The minimum absolute atomic E-state index is 0.0720. The van der Waals surface area contributed by atoms with Crippen LogP contribution in [0.4, 0.5) is 19.0 Å². The molecule has 0 saturated heterocycles. The zero-order chi connectivity index (χ0) is 26.7. The lowest BCUT2D eigenvalue weighted by Gasteiger charge is -2.28. The molecule has 1 aliphatic carbocycles. The molecule has 2 aromatic carbocycles. The van der Waals surface area contributed by atoms with E-state index < -0.39 is 35.9 Å². The van der Waals surface area contributed by atoms with Crippen LogP contribution in [0.15, 0.2) is 42.6 Å². The number of nitrogen functional groups attached to an aromatic ring is 1. The van der Waals surface area contributed by atoms with Crippen molar-refractivity contribution in [3.8, 4) is 11.3 Å². The first kappa shape index (κ1) is 27.3. The van der Waals surface area contributed by atoms with Gasteiger partial charge in [0.1, 0.15) is 29.3 Å². The quantitative estimate of drug-likeness (QED) is 0.292. The number of hydrogen-bond donors (Lipinski definition) is 4. The molecule has 4 atom stereocenters. The molecule has 11 heteroatoms. The summed E-state index contributed by atoms with van der Waals surface area (Å²) in [7, 11) is 1.70. The fraction of sp³-hybridized carbons (Fsp3) is 0.346. The number of benzene rings is 2. The average molecular weight is 625 g/mol. The van der Waals surface area contributed by atoms with Crippen LogP contribution in [0.5, 0.6) is 0 Å². The molecule has 1 fully saturated rings. The highest BCUT2D eigenvalue weighted by Gasteiger charge is 2.31. The number of anilines is 1. The van der Waals surface area contributed by atoms with E-state index in [2.05, 4.69) is 20.6 Å². The number of aliphatic hydroxyl groups excluding tert-OH is 1. The minimum Gasteiger partial charge on any atom is -0.390 e. The third-order valence-electron chi connectivity index (χ3n) is 6.46. The average Bonchev–Trinajstić information content (AvgIpc) is 2.85. The Morgan fingerprint density at radius 1 is 1.24 bits per heavy atom. The second kappa shape index (κ2) is 11.7. The largest absolute Gasteiger partial charge is 0.390 e. The number of amides is 1. The van der Waals surface area contributed by atoms with Gasteiger partial charge in [-0.2, -0.15) is 0 Å². The molecule has 0 bridgehead atoms. The first-order valence-electron chi connectivity index (χ1n) is 11.8. The first-order chi connectivity index (χ1) is 17.7. The predicted octanol–water partition coefficient (Wildman–Crippen LogP) is 4.27. The number of rotatable bonds is 7. The summed E-state index contributed by atoms with van der Waals surface area (Å²) in [5, 5.41) is 15.4. The fourth-order valence-electron chi connectivity index (χ4n) is 4.50. The number of nitrogens with two attached hydrogens (primary N) is 1. The molecule has 1 aliphatic rings. The molecule has 5 N–H and O–H groups in total. The molecule has 7 nitrogen and oxygen atoms in total. The Balaban J connectivity index is 1.56. The summed E-state index contributed by atoms with van der Waals surface area (Å²) in [6, 6.07) is 7.86. The molecule has 3 aromatic rings. The van der Waals surface area contributed by atoms with Crippen molar-refractivity contribution in [2.24, 2.45) is 0 Å². The number of hydrogen-bond acceptors (Lipinski definition) is 6. The van der Waals surface area contributed by atoms with Crippen molar-refractivity contribution in [3.63, 3.8) is 0 Å². The van der Waals surface area contributed by atoms with Crippen LogP contribution >= 0.6 is 22.6 Å². The van der Waals surface area contributed by atoms with Crippen LogP contribution in [-0.4, -0.2) is 46.8 Å². The van der Waals surface area contributed by atoms with E-state index in [4.69, 9.17) is 5.73 Å². The van der Waals surface area contributed by atoms with E-state index >= 15 is 4.39 Å². The molecule has 1 saturated carbocycles. The van der Waals surface area contributed by atoms with E-state index in [1.807, 2.05) is 22.6 Å². The molecule has 0 unspecified atom stereocenters. The lowest BCUT2D eigenvalue weighted by molar-refractivity contribution is 0.0363. The van der Waals surface area contributed by atoms with Crippen LogP contribution in [0.2, 0.25) is 0 Å². The SMILES string of the molecule is CNC[C@@H](NC(=O)c1ccc(-c2nc([C@@H]3CC[C@@H](O)[C@H](F)C3)cnc2N)cc1F)c1cc(F)cc(I)c1. The van der Waals surface area contributed by atoms with Crippen LogP contribution < -0.4 is 16.4 Å². The number of likely N-dealkylation sites (N-methyl/N-ethyl adjacent to an activating group) is 1. The van der Waals surface area contributed by atoms with E-state index in [0.717, 1.165) is 6.07 Å². The molecular formula is C26H27F3IN5O2. The van der Waals surface area contributed by atoms with Crippen LogP contribution in [0.25, 0.3) is 11.3 Å². The Kier molecular flexibility index (Phi) is 8.65. The molecule has 0 spiro atoms. The van der Waals surface area contributed by atoms with Gasteiger partial charge in [-0.15, -0.1) is 0 Å². The Labute approximate surface area is 226 Å². The number of nitrogens with one attached hydrogen (secondary N) is 2. The van der Waals surface area contributed by atoms with Gasteiger partial charge in [-0.3, -0.25) is 4.79 Å². The normalized spacial score (nSPS) is 20.4. The number of carbonyl (C=O) groups is 1. The maximum Gasteiger partial charge on any atom is 0.254 e. The van der Waals surface area contributed by atoms with Gasteiger partial charge in [0.15, 0.2) is 0 Å². The van der Waals surface area contributed by atoms with Crippen LogP contribution in [-0.2, 0) is 0 Å². The number of aliphatic hydroxyl groups is 1. The fourth-order valence-corrected chi connectivity index (χ4v) is 5.16. The Morgan fingerprint density at radius 2 is 2.03 bits per heavy atom. The van der Waals surface area contributed by atoms with Gasteiger partial charge in [-0.1, -0.05) is 6.07 Å². The maximum absolute atomic E-state index is 15.1. The van der Waals surface area contributed by atoms with Gasteiger partial charge in [-0.05, 0) is 84.8 Å². The van der Waals surface area contributed by atoms with Gasteiger partial charge < -0.3 is 21.5 Å². The Hall–Kier alpha value is -2.77. The molecule has 1 amide bonds.